The van der Waals surface area contributed by atoms with Gasteiger partial charge in [-0.05, 0) is 24.3 Å². The lowest BCUT2D eigenvalue weighted by Gasteiger charge is -2.02. The second kappa shape index (κ2) is 5.96. The Morgan fingerprint density at radius 2 is 1.61 bits per heavy atom. The van der Waals surface area contributed by atoms with Crippen LogP contribution in [-0.4, -0.2) is 29.1 Å². The van der Waals surface area contributed by atoms with Crippen molar-refractivity contribution in [2.75, 3.05) is 13.1 Å². The molecule has 0 amide bonds. The standard InChI is InChI=1S/C17H13BrN4O/c18-14-7-5-13(6-8-14)17-21-16(22-23-17)12-3-1-11(2-4-12)15-19-9-10-20-15/h1-8H,9-10H2,(H,19,20). The summed E-state index contributed by atoms with van der Waals surface area (Å²) in [4.78, 5) is 8.88. The first-order valence-corrected chi connectivity index (χ1v) is 8.08. The molecule has 114 valence electrons. The van der Waals surface area contributed by atoms with E-state index in [4.69, 9.17) is 4.52 Å². The first kappa shape index (κ1) is 14.1. The van der Waals surface area contributed by atoms with E-state index in [2.05, 4.69) is 36.4 Å². The number of rotatable bonds is 3. The molecular formula is C17H13BrN4O. The van der Waals surface area contributed by atoms with Crippen LogP contribution in [0.15, 0.2) is 62.5 Å². The quantitative estimate of drug-likeness (QED) is 0.768. The van der Waals surface area contributed by atoms with Crippen molar-refractivity contribution in [2.24, 2.45) is 4.99 Å². The van der Waals surface area contributed by atoms with Gasteiger partial charge in [0, 0.05) is 27.7 Å². The number of nitrogens with zero attached hydrogens (tertiary/aromatic N) is 3. The molecule has 2 aromatic carbocycles. The average molecular weight is 369 g/mol. The molecule has 1 aliphatic rings. The number of hydrogen-bond acceptors (Lipinski definition) is 5. The summed E-state index contributed by atoms with van der Waals surface area (Å²) in [5, 5.41) is 7.33. The first-order chi connectivity index (χ1) is 11.3. The molecule has 0 atom stereocenters. The molecule has 0 fully saturated rings. The molecule has 0 saturated carbocycles. The SMILES string of the molecule is Brc1ccc(-c2nc(-c3ccc(C4=NCCN4)cc3)no2)cc1. The van der Waals surface area contributed by atoms with Gasteiger partial charge in [-0.25, -0.2) is 0 Å². The molecule has 23 heavy (non-hydrogen) atoms. The predicted octanol–water partition coefficient (Wildman–Crippen LogP) is 3.52. The summed E-state index contributed by atoms with van der Waals surface area (Å²) in [7, 11) is 0. The van der Waals surface area contributed by atoms with E-state index in [1.807, 2.05) is 48.5 Å². The van der Waals surface area contributed by atoms with E-state index < -0.39 is 0 Å². The minimum Gasteiger partial charge on any atom is -0.368 e. The topological polar surface area (TPSA) is 63.3 Å². The fourth-order valence-electron chi connectivity index (χ4n) is 2.42. The van der Waals surface area contributed by atoms with Crippen molar-refractivity contribution in [3.63, 3.8) is 0 Å². The second-order valence-corrected chi connectivity index (χ2v) is 6.08. The fourth-order valence-corrected chi connectivity index (χ4v) is 2.68. The summed E-state index contributed by atoms with van der Waals surface area (Å²) < 4.78 is 6.38. The van der Waals surface area contributed by atoms with Gasteiger partial charge in [0.15, 0.2) is 0 Å². The van der Waals surface area contributed by atoms with E-state index in [-0.39, 0.29) is 0 Å². The second-order valence-electron chi connectivity index (χ2n) is 5.16. The molecule has 5 nitrogen and oxygen atoms in total. The van der Waals surface area contributed by atoms with E-state index in [1.165, 1.54) is 0 Å². The van der Waals surface area contributed by atoms with Crippen LogP contribution in [0.25, 0.3) is 22.8 Å². The van der Waals surface area contributed by atoms with E-state index in [0.717, 1.165) is 40.1 Å². The lowest BCUT2D eigenvalue weighted by molar-refractivity contribution is 0.432. The molecule has 3 aromatic rings. The van der Waals surface area contributed by atoms with E-state index in [9.17, 15) is 0 Å². The molecule has 0 bridgehead atoms. The Morgan fingerprint density at radius 1 is 0.913 bits per heavy atom. The largest absolute Gasteiger partial charge is 0.368 e. The molecule has 0 spiro atoms. The molecule has 1 aliphatic heterocycles. The molecule has 2 heterocycles. The predicted molar refractivity (Wildman–Crippen MR) is 92.3 cm³/mol. The number of halogens is 1. The van der Waals surface area contributed by atoms with Gasteiger partial charge >= 0.3 is 0 Å². The maximum atomic E-state index is 5.36. The third kappa shape index (κ3) is 2.90. The molecule has 0 aliphatic carbocycles. The Kier molecular flexibility index (Phi) is 3.67. The molecule has 1 N–H and O–H groups in total. The van der Waals surface area contributed by atoms with Crippen molar-refractivity contribution >= 4 is 21.8 Å². The van der Waals surface area contributed by atoms with Crippen molar-refractivity contribution in [3.05, 3.63) is 58.6 Å². The zero-order chi connectivity index (χ0) is 15.6. The van der Waals surface area contributed by atoms with Crippen molar-refractivity contribution in [2.45, 2.75) is 0 Å². The Balaban J connectivity index is 1.60. The maximum absolute atomic E-state index is 5.36. The number of hydrogen-bond donors (Lipinski definition) is 1. The van der Waals surface area contributed by atoms with Crippen molar-refractivity contribution < 1.29 is 4.52 Å². The third-order valence-electron chi connectivity index (χ3n) is 3.61. The number of aliphatic imine (C=N–C) groups is 1. The number of benzene rings is 2. The smallest absolute Gasteiger partial charge is 0.258 e. The van der Waals surface area contributed by atoms with E-state index >= 15 is 0 Å². The van der Waals surface area contributed by atoms with Gasteiger partial charge in [0.2, 0.25) is 5.82 Å². The summed E-state index contributed by atoms with van der Waals surface area (Å²) >= 11 is 3.41. The van der Waals surface area contributed by atoms with Gasteiger partial charge in [0.05, 0.1) is 6.54 Å². The van der Waals surface area contributed by atoms with Gasteiger partial charge in [-0.3, -0.25) is 4.99 Å². The lowest BCUT2D eigenvalue weighted by atomic mass is 10.1. The van der Waals surface area contributed by atoms with Crippen molar-refractivity contribution in [1.29, 1.82) is 0 Å². The van der Waals surface area contributed by atoms with Crippen molar-refractivity contribution in [1.82, 2.24) is 15.5 Å². The highest BCUT2D eigenvalue weighted by molar-refractivity contribution is 9.10. The normalized spacial score (nSPS) is 13.7. The van der Waals surface area contributed by atoms with E-state index in [0.29, 0.717) is 11.7 Å². The summed E-state index contributed by atoms with van der Waals surface area (Å²) in [6.07, 6.45) is 0. The molecule has 1 aromatic heterocycles. The number of aromatic nitrogens is 2. The Morgan fingerprint density at radius 3 is 2.30 bits per heavy atom. The van der Waals surface area contributed by atoms with Crippen LogP contribution >= 0.6 is 15.9 Å². The van der Waals surface area contributed by atoms with Crippen LogP contribution in [-0.2, 0) is 0 Å². The van der Waals surface area contributed by atoms with E-state index in [1.54, 1.807) is 0 Å². The van der Waals surface area contributed by atoms with Gasteiger partial charge < -0.3 is 9.84 Å². The van der Waals surface area contributed by atoms with Gasteiger partial charge in [0.1, 0.15) is 5.84 Å². The molecule has 0 radical (unpaired) electrons. The highest BCUT2D eigenvalue weighted by Gasteiger charge is 2.12. The minimum atomic E-state index is 0.512. The highest BCUT2D eigenvalue weighted by Crippen LogP contribution is 2.24. The average Bonchev–Trinajstić information content (AvgIpc) is 3.28. The fraction of sp³-hybridized carbons (Fsp3) is 0.118. The van der Waals surface area contributed by atoms with Crippen LogP contribution in [0.5, 0.6) is 0 Å². The van der Waals surface area contributed by atoms with Gasteiger partial charge in [-0.1, -0.05) is 45.4 Å². The molecule has 4 rings (SSSR count). The zero-order valence-electron chi connectivity index (χ0n) is 12.2. The Bertz CT molecular complexity index is 853. The Hall–Kier alpha value is -2.47. The Labute approximate surface area is 141 Å². The van der Waals surface area contributed by atoms with Crippen LogP contribution in [0.4, 0.5) is 0 Å². The van der Waals surface area contributed by atoms with Crippen LogP contribution in [0.3, 0.4) is 0 Å². The zero-order valence-corrected chi connectivity index (χ0v) is 13.7. The van der Waals surface area contributed by atoms with Crippen molar-refractivity contribution in [3.8, 4) is 22.8 Å². The monoisotopic (exact) mass is 368 g/mol. The van der Waals surface area contributed by atoms with Gasteiger partial charge in [-0.15, -0.1) is 0 Å². The van der Waals surface area contributed by atoms with Gasteiger partial charge in [0.25, 0.3) is 5.89 Å². The lowest BCUT2D eigenvalue weighted by Crippen LogP contribution is -2.19. The maximum Gasteiger partial charge on any atom is 0.258 e. The minimum absolute atomic E-state index is 0.512. The van der Waals surface area contributed by atoms with Gasteiger partial charge in [-0.2, -0.15) is 4.98 Å². The molecule has 6 heteroatoms. The summed E-state index contributed by atoms with van der Waals surface area (Å²) in [6, 6.07) is 15.8. The number of nitrogens with one attached hydrogen (secondary N) is 1. The van der Waals surface area contributed by atoms with Crippen LogP contribution in [0.1, 0.15) is 5.56 Å². The highest BCUT2D eigenvalue weighted by atomic mass is 79.9. The third-order valence-corrected chi connectivity index (χ3v) is 4.14. The summed E-state index contributed by atoms with van der Waals surface area (Å²) in [5.41, 5.74) is 2.88. The first-order valence-electron chi connectivity index (χ1n) is 7.28. The van der Waals surface area contributed by atoms with Crippen LogP contribution in [0.2, 0.25) is 0 Å². The van der Waals surface area contributed by atoms with Crippen LogP contribution < -0.4 is 5.32 Å². The summed E-state index contributed by atoms with van der Waals surface area (Å²) in [5.74, 6) is 2.04. The molecule has 0 saturated heterocycles. The van der Waals surface area contributed by atoms with Crippen LogP contribution in [0, 0.1) is 0 Å². The molecule has 0 unspecified atom stereocenters. The molecular weight excluding hydrogens is 356 g/mol. The summed E-state index contributed by atoms with van der Waals surface area (Å²) in [6.45, 7) is 1.73. The number of amidine groups is 1.